The fourth-order valence-corrected chi connectivity index (χ4v) is 1.39. The number of amides is 1. The molecule has 1 atom stereocenters. The summed E-state index contributed by atoms with van der Waals surface area (Å²) in [7, 11) is 1.80. The van der Waals surface area contributed by atoms with E-state index in [1.807, 2.05) is 6.92 Å². The van der Waals surface area contributed by atoms with Gasteiger partial charge in [-0.25, -0.2) is 0 Å². The Hall–Kier alpha value is -0.570. The third-order valence-electron chi connectivity index (χ3n) is 3.17. The van der Waals surface area contributed by atoms with Crippen molar-refractivity contribution in [2.75, 3.05) is 13.6 Å². The van der Waals surface area contributed by atoms with Crippen molar-refractivity contribution in [3.05, 3.63) is 0 Å². The van der Waals surface area contributed by atoms with Gasteiger partial charge in [-0.3, -0.25) is 4.79 Å². The largest absolute Gasteiger partial charge is 0.354 e. The first-order valence-corrected chi connectivity index (χ1v) is 5.08. The van der Waals surface area contributed by atoms with Crippen LogP contribution in [0.15, 0.2) is 0 Å². The summed E-state index contributed by atoms with van der Waals surface area (Å²) >= 11 is 0. The second-order valence-electron chi connectivity index (χ2n) is 4.08. The molecule has 76 valence electrons. The molecule has 13 heavy (non-hydrogen) atoms. The average molecular weight is 184 g/mol. The maximum atomic E-state index is 11.4. The zero-order valence-electron chi connectivity index (χ0n) is 8.81. The molecule has 0 aromatic rings. The van der Waals surface area contributed by atoms with E-state index in [4.69, 9.17) is 0 Å². The van der Waals surface area contributed by atoms with Crippen LogP contribution in [0.4, 0.5) is 0 Å². The second kappa shape index (κ2) is 4.09. The van der Waals surface area contributed by atoms with E-state index >= 15 is 0 Å². The number of hydrogen-bond acceptors (Lipinski definition) is 2. The highest BCUT2D eigenvalue weighted by molar-refractivity contribution is 5.81. The Morgan fingerprint density at radius 3 is 2.54 bits per heavy atom. The molecular formula is C10H20N2O. The molecule has 1 saturated carbocycles. The zero-order chi connectivity index (χ0) is 9.90. The van der Waals surface area contributed by atoms with Crippen molar-refractivity contribution in [1.29, 1.82) is 0 Å². The number of likely N-dealkylation sites (N-methyl/N-ethyl adjacent to an activating group) is 1. The normalized spacial score (nSPS) is 20.8. The second-order valence-corrected chi connectivity index (χ2v) is 4.08. The van der Waals surface area contributed by atoms with E-state index in [9.17, 15) is 4.79 Å². The van der Waals surface area contributed by atoms with Gasteiger partial charge in [0.05, 0.1) is 6.04 Å². The third kappa shape index (κ3) is 2.69. The molecule has 1 unspecified atom stereocenters. The highest BCUT2D eigenvalue weighted by Crippen LogP contribution is 2.47. The van der Waals surface area contributed by atoms with Crippen LogP contribution in [0.3, 0.4) is 0 Å². The van der Waals surface area contributed by atoms with Gasteiger partial charge in [0.2, 0.25) is 5.91 Å². The summed E-state index contributed by atoms with van der Waals surface area (Å²) in [6.07, 6.45) is 3.73. The molecule has 1 aliphatic rings. The molecule has 3 nitrogen and oxygen atoms in total. The minimum absolute atomic E-state index is 0.0762. The van der Waals surface area contributed by atoms with E-state index in [2.05, 4.69) is 17.6 Å². The average Bonchev–Trinajstić information content (AvgIpc) is 2.93. The van der Waals surface area contributed by atoms with E-state index in [0.29, 0.717) is 5.41 Å². The summed E-state index contributed by atoms with van der Waals surface area (Å²) in [4.78, 5) is 11.4. The number of carbonyl (C=O) groups is 1. The van der Waals surface area contributed by atoms with E-state index in [1.165, 1.54) is 19.3 Å². The Balaban J connectivity index is 2.22. The number of nitrogens with one attached hydrogen (secondary N) is 2. The first-order chi connectivity index (χ1) is 6.13. The molecule has 0 saturated heterocycles. The molecule has 3 heteroatoms. The number of rotatable bonds is 5. The minimum atomic E-state index is -0.0762. The lowest BCUT2D eigenvalue weighted by atomic mass is 10.0. The van der Waals surface area contributed by atoms with E-state index in [-0.39, 0.29) is 11.9 Å². The van der Waals surface area contributed by atoms with Crippen LogP contribution in [-0.4, -0.2) is 25.5 Å². The van der Waals surface area contributed by atoms with Gasteiger partial charge in [-0.1, -0.05) is 6.92 Å². The molecule has 0 radical (unpaired) electrons. The Morgan fingerprint density at radius 2 is 2.15 bits per heavy atom. The van der Waals surface area contributed by atoms with Crippen LogP contribution in [0.1, 0.15) is 33.1 Å². The lowest BCUT2D eigenvalue weighted by Gasteiger charge is -2.16. The van der Waals surface area contributed by atoms with Crippen molar-refractivity contribution >= 4 is 5.91 Å². The Bertz CT molecular complexity index is 187. The maximum absolute atomic E-state index is 11.4. The number of carbonyl (C=O) groups excluding carboxylic acids is 1. The van der Waals surface area contributed by atoms with Crippen LogP contribution < -0.4 is 10.6 Å². The molecule has 0 bridgehead atoms. The van der Waals surface area contributed by atoms with Crippen LogP contribution in [0.25, 0.3) is 0 Å². The zero-order valence-corrected chi connectivity index (χ0v) is 8.81. The van der Waals surface area contributed by atoms with Crippen LogP contribution in [0.5, 0.6) is 0 Å². The van der Waals surface area contributed by atoms with Crippen molar-refractivity contribution in [1.82, 2.24) is 10.6 Å². The predicted octanol–water partition coefficient (Wildman–Crippen LogP) is 0.901. The van der Waals surface area contributed by atoms with Crippen molar-refractivity contribution in [2.24, 2.45) is 5.41 Å². The molecule has 0 spiro atoms. The maximum Gasteiger partial charge on any atom is 0.236 e. The molecule has 1 aliphatic carbocycles. The van der Waals surface area contributed by atoms with Gasteiger partial charge in [-0.05, 0) is 38.6 Å². The Morgan fingerprint density at radius 1 is 1.54 bits per heavy atom. The van der Waals surface area contributed by atoms with Crippen molar-refractivity contribution < 1.29 is 4.79 Å². The fourth-order valence-electron chi connectivity index (χ4n) is 1.39. The van der Waals surface area contributed by atoms with E-state index < -0.39 is 0 Å². The summed E-state index contributed by atoms with van der Waals surface area (Å²) in [5.41, 5.74) is 0.448. The summed E-state index contributed by atoms with van der Waals surface area (Å²) in [5.74, 6) is 0.113. The van der Waals surface area contributed by atoms with E-state index in [1.54, 1.807) is 7.05 Å². The molecular weight excluding hydrogens is 164 g/mol. The van der Waals surface area contributed by atoms with Gasteiger partial charge in [0.15, 0.2) is 0 Å². The fraction of sp³-hybridized carbons (Fsp3) is 0.900. The van der Waals surface area contributed by atoms with Gasteiger partial charge >= 0.3 is 0 Å². The first-order valence-electron chi connectivity index (χ1n) is 5.08. The van der Waals surface area contributed by atoms with Gasteiger partial charge < -0.3 is 10.6 Å². The molecule has 2 N–H and O–H groups in total. The molecule has 1 rings (SSSR count). The van der Waals surface area contributed by atoms with E-state index in [0.717, 1.165) is 6.54 Å². The van der Waals surface area contributed by atoms with Crippen molar-refractivity contribution in [2.45, 2.75) is 39.2 Å². The van der Waals surface area contributed by atoms with Crippen molar-refractivity contribution in [3.8, 4) is 0 Å². The monoisotopic (exact) mass is 184 g/mol. The topological polar surface area (TPSA) is 41.1 Å². The molecule has 0 aromatic heterocycles. The van der Waals surface area contributed by atoms with Crippen LogP contribution >= 0.6 is 0 Å². The quantitative estimate of drug-likeness (QED) is 0.666. The Kier molecular flexibility index (Phi) is 3.31. The Labute approximate surface area is 80.3 Å². The van der Waals surface area contributed by atoms with Crippen LogP contribution in [-0.2, 0) is 4.79 Å². The van der Waals surface area contributed by atoms with Gasteiger partial charge in [0, 0.05) is 6.54 Å². The van der Waals surface area contributed by atoms with Crippen LogP contribution in [0.2, 0.25) is 0 Å². The highest BCUT2D eigenvalue weighted by Gasteiger charge is 2.40. The summed E-state index contributed by atoms with van der Waals surface area (Å²) < 4.78 is 0. The summed E-state index contributed by atoms with van der Waals surface area (Å²) in [6, 6.07) is -0.0762. The number of hydrogen-bond donors (Lipinski definition) is 2. The highest BCUT2D eigenvalue weighted by atomic mass is 16.2. The van der Waals surface area contributed by atoms with Gasteiger partial charge in [0.25, 0.3) is 0 Å². The molecule has 1 amide bonds. The predicted molar refractivity (Wildman–Crippen MR) is 53.5 cm³/mol. The lowest BCUT2D eigenvalue weighted by Crippen LogP contribution is -2.42. The van der Waals surface area contributed by atoms with Crippen LogP contribution in [0, 0.1) is 5.41 Å². The molecule has 0 aliphatic heterocycles. The first kappa shape index (κ1) is 10.5. The molecule has 0 aromatic carbocycles. The summed E-state index contributed by atoms with van der Waals surface area (Å²) in [5, 5.41) is 5.91. The molecule has 1 fully saturated rings. The standard InChI is InChI=1S/C10H20N2O/c1-4-10(5-6-10)7-12-9(13)8(2)11-3/h8,11H,4-7H2,1-3H3,(H,12,13). The van der Waals surface area contributed by atoms with Gasteiger partial charge in [-0.2, -0.15) is 0 Å². The van der Waals surface area contributed by atoms with Crippen molar-refractivity contribution in [3.63, 3.8) is 0 Å². The lowest BCUT2D eigenvalue weighted by molar-refractivity contribution is -0.122. The third-order valence-corrected chi connectivity index (χ3v) is 3.17. The van der Waals surface area contributed by atoms with Gasteiger partial charge in [-0.15, -0.1) is 0 Å². The van der Waals surface area contributed by atoms with Gasteiger partial charge in [0.1, 0.15) is 0 Å². The SMILES string of the molecule is CCC1(CNC(=O)C(C)NC)CC1. The molecule has 0 heterocycles. The smallest absolute Gasteiger partial charge is 0.236 e. The minimum Gasteiger partial charge on any atom is -0.354 e. The summed E-state index contributed by atoms with van der Waals surface area (Å²) in [6.45, 7) is 4.93.